The lowest BCUT2D eigenvalue weighted by Crippen LogP contribution is -2.08. The van der Waals surface area contributed by atoms with E-state index in [1.165, 1.54) is 11.1 Å². The SMILES string of the molecule is CC1C(C)(C)C12C=Cc1ccccc12. The molecule has 0 heterocycles. The van der Waals surface area contributed by atoms with Crippen LogP contribution >= 0.6 is 0 Å². The van der Waals surface area contributed by atoms with Crippen molar-refractivity contribution in [2.45, 2.75) is 26.2 Å². The topological polar surface area (TPSA) is 0 Å². The molecule has 0 heteroatoms. The number of fused-ring (bicyclic) bond motifs is 2. The molecule has 2 atom stereocenters. The van der Waals surface area contributed by atoms with E-state index < -0.39 is 0 Å². The number of allylic oxidation sites excluding steroid dienone is 1. The molecule has 3 rings (SSSR count). The van der Waals surface area contributed by atoms with E-state index in [2.05, 4.69) is 57.2 Å². The smallest absolute Gasteiger partial charge is 0.0226 e. The fourth-order valence-electron chi connectivity index (χ4n) is 3.33. The van der Waals surface area contributed by atoms with E-state index in [4.69, 9.17) is 0 Å². The lowest BCUT2D eigenvalue weighted by molar-refractivity contribution is 0.549. The summed E-state index contributed by atoms with van der Waals surface area (Å²) in [7, 11) is 0. The fourth-order valence-corrected chi connectivity index (χ4v) is 3.33. The molecule has 1 aromatic rings. The molecule has 0 N–H and O–H groups in total. The second kappa shape index (κ2) is 2.13. The Kier molecular flexibility index (Phi) is 1.26. The summed E-state index contributed by atoms with van der Waals surface area (Å²) in [6.45, 7) is 7.13. The van der Waals surface area contributed by atoms with Gasteiger partial charge in [0.15, 0.2) is 0 Å². The maximum Gasteiger partial charge on any atom is 0.0226 e. The maximum atomic E-state index is 2.42. The molecule has 0 radical (unpaired) electrons. The van der Waals surface area contributed by atoms with Crippen molar-refractivity contribution in [1.29, 1.82) is 0 Å². The summed E-state index contributed by atoms with van der Waals surface area (Å²) in [5, 5.41) is 0. The van der Waals surface area contributed by atoms with Gasteiger partial charge in [0.2, 0.25) is 0 Å². The second-order valence-electron chi connectivity index (χ2n) is 5.23. The Hall–Kier alpha value is -1.04. The van der Waals surface area contributed by atoms with Gasteiger partial charge in [0, 0.05) is 5.41 Å². The standard InChI is InChI=1S/C14H16/c1-10-13(2,3)14(10)9-8-11-6-4-5-7-12(11)14/h4-10H,1-3H3. The first kappa shape index (κ1) is 8.28. The van der Waals surface area contributed by atoms with Crippen LogP contribution in [0.1, 0.15) is 31.9 Å². The van der Waals surface area contributed by atoms with Crippen LogP contribution in [0.25, 0.3) is 6.08 Å². The van der Waals surface area contributed by atoms with Gasteiger partial charge in [-0.1, -0.05) is 57.2 Å². The second-order valence-corrected chi connectivity index (χ2v) is 5.23. The van der Waals surface area contributed by atoms with E-state index in [-0.39, 0.29) is 0 Å². The minimum absolute atomic E-state index is 0.351. The molecule has 72 valence electrons. The van der Waals surface area contributed by atoms with Gasteiger partial charge in [0.1, 0.15) is 0 Å². The first-order valence-electron chi connectivity index (χ1n) is 5.39. The van der Waals surface area contributed by atoms with Crippen molar-refractivity contribution in [2.75, 3.05) is 0 Å². The van der Waals surface area contributed by atoms with E-state index in [0.717, 1.165) is 5.92 Å². The van der Waals surface area contributed by atoms with Crippen molar-refractivity contribution in [3.05, 3.63) is 41.5 Å². The van der Waals surface area contributed by atoms with Crippen molar-refractivity contribution in [3.8, 4) is 0 Å². The predicted octanol–water partition coefficient (Wildman–Crippen LogP) is 3.63. The highest BCUT2D eigenvalue weighted by Crippen LogP contribution is 2.72. The molecule has 2 aliphatic rings. The Morgan fingerprint density at radius 3 is 2.43 bits per heavy atom. The summed E-state index contributed by atoms with van der Waals surface area (Å²) >= 11 is 0. The van der Waals surface area contributed by atoms with Crippen molar-refractivity contribution >= 4 is 6.08 Å². The van der Waals surface area contributed by atoms with Gasteiger partial charge in [0.25, 0.3) is 0 Å². The molecule has 2 unspecified atom stereocenters. The Bertz CT molecular complexity index is 425. The highest BCUT2D eigenvalue weighted by molar-refractivity contribution is 5.69. The molecule has 1 saturated carbocycles. The molecule has 0 aromatic heterocycles. The first-order valence-corrected chi connectivity index (χ1v) is 5.39. The average Bonchev–Trinajstić information content (AvgIpc) is 2.52. The van der Waals surface area contributed by atoms with Crippen LogP contribution in [0.5, 0.6) is 0 Å². The van der Waals surface area contributed by atoms with Gasteiger partial charge in [-0.25, -0.2) is 0 Å². The first-order chi connectivity index (χ1) is 6.61. The van der Waals surface area contributed by atoms with Crippen LogP contribution in [0.2, 0.25) is 0 Å². The highest BCUT2D eigenvalue weighted by atomic mass is 14.7. The molecule has 0 saturated heterocycles. The number of hydrogen-bond donors (Lipinski definition) is 0. The van der Waals surface area contributed by atoms with Gasteiger partial charge in [-0.15, -0.1) is 0 Å². The average molecular weight is 184 g/mol. The molecular weight excluding hydrogens is 168 g/mol. The zero-order valence-electron chi connectivity index (χ0n) is 9.04. The molecule has 0 amide bonds. The van der Waals surface area contributed by atoms with Gasteiger partial charge < -0.3 is 0 Å². The lowest BCUT2D eigenvalue weighted by atomic mass is 9.90. The normalized spacial score (nSPS) is 36.1. The third-order valence-electron chi connectivity index (χ3n) is 4.68. The summed E-state index contributed by atoms with van der Waals surface area (Å²) in [6.07, 6.45) is 4.71. The quantitative estimate of drug-likeness (QED) is 0.577. The minimum Gasteiger partial charge on any atom is -0.0725 e. The maximum absolute atomic E-state index is 2.42. The van der Waals surface area contributed by atoms with Gasteiger partial charge in [-0.3, -0.25) is 0 Å². The number of rotatable bonds is 0. The molecule has 2 aliphatic carbocycles. The van der Waals surface area contributed by atoms with E-state index >= 15 is 0 Å². The van der Waals surface area contributed by atoms with Crippen LogP contribution in [0.3, 0.4) is 0 Å². The van der Waals surface area contributed by atoms with Crippen LogP contribution in [0.15, 0.2) is 30.3 Å². The van der Waals surface area contributed by atoms with Crippen LogP contribution in [-0.4, -0.2) is 0 Å². The summed E-state index contributed by atoms with van der Waals surface area (Å²) in [5.41, 5.74) is 3.75. The van der Waals surface area contributed by atoms with Gasteiger partial charge in [-0.2, -0.15) is 0 Å². The molecule has 1 aromatic carbocycles. The van der Waals surface area contributed by atoms with Crippen LogP contribution in [-0.2, 0) is 5.41 Å². The molecule has 0 bridgehead atoms. The molecule has 14 heavy (non-hydrogen) atoms. The monoisotopic (exact) mass is 184 g/mol. The summed E-state index contributed by atoms with van der Waals surface area (Å²) in [5.74, 6) is 0.773. The van der Waals surface area contributed by atoms with Crippen molar-refractivity contribution in [3.63, 3.8) is 0 Å². The van der Waals surface area contributed by atoms with Gasteiger partial charge in [0.05, 0.1) is 0 Å². The van der Waals surface area contributed by atoms with Crippen LogP contribution < -0.4 is 0 Å². The fraction of sp³-hybridized carbons (Fsp3) is 0.429. The summed E-state index contributed by atoms with van der Waals surface area (Å²) in [4.78, 5) is 0. The molecule has 1 fully saturated rings. The third kappa shape index (κ3) is 0.648. The van der Waals surface area contributed by atoms with Gasteiger partial charge in [-0.05, 0) is 22.5 Å². The van der Waals surface area contributed by atoms with E-state index in [0.29, 0.717) is 10.8 Å². The summed E-state index contributed by atoms with van der Waals surface area (Å²) < 4.78 is 0. The number of benzene rings is 1. The Morgan fingerprint density at radius 1 is 1.14 bits per heavy atom. The predicted molar refractivity (Wildman–Crippen MR) is 60.1 cm³/mol. The highest BCUT2D eigenvalue weighted by Gasteiger charge is 2.69. The Morgan fingerprint density at radius 2 is 1.79 bits per heavy atom. The molecular formula is C14H16. The Balaban J connectivity index is 2.22. The number of hydrogen-bond acceptors (Lipinski definition) is 0. The minimum atomic E-state index is 0.351. The van der Waals surface area contributed by atoms with Crippen LogP contribution in [0.4, 0.5) is 0 Å². The molecule has 0 aliphatic heterocycles. The zero-order chi connectivity index (χ0) is 9.97. The lowest BCUT2D eigenvalue weighted by Gasteiger charge is -2.13. The van der Waals surface area contributed by atoms with E-state index in [9.17, 15) is 0 Å². The third-order valence-corrected chi connectivity index (χ3v) is 4.68. The molecule has 0 nitrogen and oxygen atoms in total. The van der Waals surface area contributed by atoms with Crippen molar-refractivity contribution in [2.24, 2.45) is 11.3 Å². The zero-order valence-corrected chi connectivity index (χ0v) is 9.04. The molecule has 1 spiro atoms. The van der Waals surface area contributed by atoms with Crippen molar-refractivity contribution < 1.29 is 0 Å². The van der Waals surface area contributed by atoms with E-state index in [1.54, 1.807) is 0 Å². The summed E-state index contributed by atoms with van der Waals surface area (Å²) in [6, 6.07) is 8.80. The largest absolute Gasteiger partial charge is 0.0725 e. The van der Waals surface area contributed by atoms with Crippen molar-refractivity contribution in [1.82, 2.24) is 0 Å². The van der Waals surface area contributed by atoms with Gasteiger partial charge >= 0.3 is 0 Å². The van der Waals surface area contributed by atoms with E-state index in [1.807, 2.05) is 0 Å². The Labute approximate surface area is 85.6 Å². The van der Waals surface area contributed by atoms with Crippen LogP contribution in [0, 0.1) is 11.3 Å².